The molecule has 4 rings (SSSR count). The summed E-state index contributed by atoms with van der Waals surface area (Å²) >= 11 is 1.44. The summed E-state index contributed by atoms with van der Waals surface area (Å²) < 4.78 is 11.1. The normalized spacial score (nSPS) is 27.9. The van der Waals surface area contributed by atoms with Gasteiger partial charge in [0, 0.05) is 31.3 Å². The van der Waals surface area contributed by atoms with E-state index in [4.69, 9.17) is 9.26 Å². The Kier molecular flexibility index (Phi) is 3.42. The number of ether oxygens (including phenoxy) is 1. The zero-order valence-electron chi connectivity index (χ0n) is 12.1. The topological polar surface area (TPSA) is 81.4 Å². The summed E-state index contributed by atoms with van der Waals surface area (Å²) in [6.45, 7) is 3.18. The lowest BCUT2D eigenvalue weighted by Gasteiger charge is -2.33. The zero-order valence-corrected chi connectivity index (χ0v) is 13.0. The molecule has 2 aliphatic rings. The van der Waals surface area contributed by atoms with Gasteiger partial charge in [-0.15, -0.1) is 11.3 Å². The van der Waals surface area contributed by atoms with Crippen LogP contribution in [0, 0.1) is 12.8 Å². The first-order chi connectivity index (χ1) is 10.7. The molecular weight excluding hydrogens is 304 g/mol. The van der Waals surface area contributed by atoms with Crippen LogP contribution in [0.3, 0.4) is 0 Å². The van der Waals surface area contributed by atoms with Crippen LogP contribution in [0.4, 0.5) is 0 Å². The summed E-state index contributed by atoms with van der Waals surface area (Å²) in [6, 6.07) is 0. The molecule has 1 amide bonds. The molecule has 0 bridgehead atoms. The first kappa shape index (κ1) is 13.8. The maximum Gasteiger partial charge on any atom is 0.273 e. The lowest BCUT2D eigenvalue weighted by Crippen LogP contribution is -2.44. The minimum absolute atomic E-state index is 0.0126. The van der Waals surface area contributed by atoms with Crippen molar-refractivity contribution in [3.05, 3.63) is 28.3 Å². The summed E-state index contributed by atoms with van der Waals surface area (Å²) in [5, 5.41) is 5.75. The number of fused-ring (bicyclic) bond motifs is 1. The highest BCUT2D eigenvalue weighted by atomic mass is 32.1. The predicted molar refractivity (Wildman–Crippen MR) is 77.4 cm³/mol. The van der Waals surface area contributed by atoms with E-state index in [-0.39, 0.29) is 18.1 Å². The van der Waals surface area contributed by atoms with Crippen molar-refractivity contribution < 1.29 is 14.1 Å². The molecule has 0 saturated carbocycles. The molecule has 8 heteroatoms. The van der Waals surface area contributed by atoms with Crippen molar-refractivity contribution in [2.75, 3.05) is 13.1 Å². The third-order valence-electron chi connectivity index (χ3n) is 4.29. The molecule has 3 atom stereocenters. The first-order valence-electron chi connectivity index (χ1n) is 7.34. The number of hydrogen-bond acceptors (Lipinski definition) is 7. The van der Waals surface area contributed by atoms with Crippen LogP contribution < -0.4 is 0 Å². The van der Waals surface area contributed by atoms with Gasteiger partial charge in [-0.2, -0.15) is 4.98 Å². The second kappa shape index (κ2) is 5.44. The molecule has 0 N–H and O–H groups in total. The van der Waals surface area contributed by atoms with E-state index in [1.165, 1.54) is 11.3 Å². The summed E-state index contributed by atoms with van der Waals surface area (Å²) in [7, 11) is 0. The van der Waals surface area contributed by atoms with Crippen LogP contribution >= 0.6 is 11.3 Å². The Morgan fingerprint density at radius 3 is 3.14 bits per heavy atom. The molecule has 2 aromatic rings. The lowest BCUT2D eigenvalue weighted by atomic mass is 9.92. The fourth-order valence-corrected chi connectivity index (χ4v) is 3.76. The maximum absolute atomic E-state index is 12.4. The Morgan fingerprint density at radius 2 is 2.41 bits per heavy atom. The molecule has 116 valence electrons. The van der Waals surface area contributed by atoms with Gasteiger partial charge in [0.25, 0.3) is 5.91 Å². The van der Waals surface area contributed by atoms with E-state index >= 15 is 0 Å². The van der Waals surface area contributed by atoms with Crippen molar-refractivity contribution in [1.29, 1.82) is 0 Å². The smallest absolute Gasteiger partial charge is 0.273 e. The number of carbonyl (C=O) groups excluding carboxylic acids is 1. The average Bonchev–Trinajstić information content (AvgIpc) is 3.25. The van der Waals surface area contributed by atoms with Crippen molar-refractivity contribution in [1.82, 2.24) is 20.0 Å². The highest BCUT2D eigenvalue weighted by Gasteiger charge is 2.42. The minimum atomic E-state index is -0.123. The van der Waals surface area contributed by atoms with E-state index in [1.807, 2.05) is 4.90 Å². The fourth-order valence-electron chi connectivity index (χ4n) is 3.23. The van der Waals surface area contributed by atoms with Gasteiger partial charge < -0.3 is 14.2 Å². The summed E-state index contributed by atoms with van der Waals surface area (Å²) in [5.41, 5.74) is 2.22. The molecule has 0 aliphatic carbocycles. The fraction of sp³-hybridized carbons (Fsp3) is 0.571. The second-order valence-electron chi connectivity index (χ2n) is 5.74. The molecule has 22 heavy (non-hydrogen) atoms. The Morgan fingerprint density at radius 1 is 1.50 bits per heavy atom. The number of aryl methyl sites for hydroxylation is 1. The summed E-state index contributed by atoms with van der Waals surface area (Å²) in [4.78, 5) is 22.6. The Bertz CT molecular complexity index is 671. The minimum Gasteiger partial charge on any atom is -0.366 e. The van der Waals surface area contributed by atoms with Gasteiger partial charge in [-0.25, -0.2) is 4.98 Å². The molecule has 2 fully saturated rings. The Balaban J connectivity index is 1.44. The van der Waals surface area contributed by atoms with Crippen LogP contribution in [-0.4, -0.2) is 45.1 Å². The number of hydrogen-bond donors (Lipinski definition) is 0. The summed E-state index contributed by atoms with van der Waals surface area (Å²) in [5.74, 6) is 1.50. The van der Waals surface area contributed by atoms with Crippen LogP contribution in [0.2, 0.25) is 0 Å². The van der Waals surface area contributed by atoms with Gasteiger partial charge in [0.15, 0.2) is 0 Å². The monoisotopic (exact) mass is 320 g/mol. The molecule has 0 spiro atoms. The van der Waals surface area contributed by atoms with Gasteiger partial charge in [-0.3, -0.25) is 4.79 Å². The number of likely N-dealkylation sites (tertiary alicyclic amines) is 1. The highest BCUT2D eigenvalue weighted by molar-refractivity contribution is 7.07. The van der Waals surface area contributed by atoms with Crippen molar-refractivity contribution in [3.63, 3.8) is 0 Å². The average molecular weight is 320 g/mol. The molecule has 0 aromatic carbocycles. The van der Waals surface area contributed by atoms with E-state index in [9.17, 15) is 4.79 Å². The molecule has 4 heterocycles. The molecule has 0 radical (unpaired) electrons. The standard InChI is InChI=1S/C14H16N4O3S/c1-8-16-13(17-21-8)12-4-9-5-18(3-2-11(9)20-12)14(19)10-6-22-7-15-10/h6-7,9,11-12H,2-5H2,1H3/t9-,11-,12+/m1/s1. The van der Waals surface area contributed by atoms with E-state index in [0.717, 1.165) is 12.8 Å². The van der Waals surface area contributed by atoms with E-state index in [0.29, 0.717) is 36.4 Å². The van der Waals surface area contributed by atoms with Crippen molar-refractivity contribution >= 4 is 17.2 Å². The second-order valence-corrected chi connectivity index (χ2v) is 6.46. The van der Waals surface area contributed by atoms with Crippen molar-refractivity contribution in [3.8, 4) is 0 Å². The third kappa shape index (κ3) is 2.42. The van der Waals surface area contributed by atoms with Crippen LogP contribution in [0.5, 0.6) is 0 Å². The Labute approximate surface area is 131 Å². The Hall–Kier alpha value is -1.80. The molecule has 7 nitrogen and oxygen atoms in total. The van der Waals surface area contributed by atoms with Crippen LogP contribution in [-0.2, 0) is 4.74 Å². The quantitative estimate of drug-likeness (QED) is 0.839. The van der Waals surface area contributed by atoms with Crippen LogP contribution in [0.15, 0.2) is 15.4 Å². The number of rotatable bonds is 2. The van der Waals surface area contributed by atoms with Gasteiger partial charge in [-0.05, 0) is 12.8 Å². The number of carbonyl (C=O) groups is 1. The van der Waals surface area contributed by atoms with Gasteiger partial charge in [-0.1, -0.05) is 5.16 Å². The molecule has 2 aliphatic heterocycles. The van der Waals surface area contributed by atoms with Crippen LogP contribution in [0.25, 0.3) is 0 Å². The molecule has 2 aromatic heterocycles. The number of aromatic nitrogens is 3. The lowest BCUT2D eigenvalue weighted by molar-refractivity contribution is -0.00108. The number of nitrogens with zero attached hydrogens (tertiary/aromatic N) is 4. The largest absolute Gasteiger partial charge is 0.366 e. The van der Waals surface area contributed by atoms with E-state index in [1.54, 1.807) is 17.8 Å². The van der Waals surface area contributed by atoms with Gasteiger partial charge in [0.05, 0.1) is 11.6 Å². The molecule has 0 unspecified atom stereocenters. The van der Waals surface area contributed by atoms with E-state index < -0.39 is 0 Å². The SMILES string of the molecule is Cc1nc([C@@H]2C[C@@H]3CN(C(=O)c4cscn4)CC[C@H]3O2)no1. The third-order valence-corrected chi connectivity index (χ3v) is 4.88. The zero-order chi connectivity index (χ0) is 15.1. The number of thiazole rings is 1. The maximum atomic E-state index is 12.4. The number of amides is 1. The predicted octanol–water partition coefficient (Wildman–Crippen LogP) is 1.83. The molecule has 2 saturated heterocycles. The van der Waals surface area contributed by atoms with Crippen molar-refractivity contribution in [2.45, 2.75) is 32.0 Å². The van der Waals surface area contributed by atoms with Crippen molar-refractivity contribution in [2.24, 2.45) is 5.92 Å². The van der Waals surface area contributed by atoms with Gasteiger partial charge in [0.1, 0.15) is 11.8 Å². The highest BCUT2D eigenvalue weighted by Crippen LogP contribution is 2.39. The van der Waals surface area contributed by atoms with Gasteiger partial charge >= 0.3 is 0 Å². The molecular formula is C14H16N4O3S. The number of piperidine rings is 1. The first-order valence-corrected chi connectivity index (χ1v) is 8.28. The van der Waals surface area contributed by atoms with E-state index in [2.05, 4.69) is 15.1 Å². The van der Waals surface area contributed by atoms with Crippen LogP contribution in [0.1, 0.15) is 41.1 Å². The van der Waals surface area contributed by atoms with Gasteiger partial charge in [0.2, 0.25) is 11.7 Å². The summed E-state index contributed by atoms with van der Waals surface area (Å²) in [6.07, 6.45) is 1.71.